The molecule has 19 heavy (non-hydrogen) atoms. The molecule has 3 nitrogen and oxygen atoms in total. The van der Waals surface area contributed by atoms with Crippen molar-refractivity contribution in [2.45, 2.75) is 72.6 Å². The van der Waals surface area contributed by atoms with Crippen LogP contribution < -0.4 is 10.1 Å². The third kappa shape index (κ3) is 6.06. The molecule has 0 aliphatic carbocycles. The standard InChI is InChI=1S/C16H28N2O/c1-7-8-13(3)19-15-9-12(2)17-10-14(15)11-18-16(4,5)6/h9-10,13,18H,7-8,11H2,1-6H3. The van der Waals surface area contributed by atoms with Gasteiger partial charge in [-0.05, 0) is 41.0 Å². The molecule has 0 aliphatic heterocycles. The van der Waals surface area contributed by atoms with Gasteiger partial charge in [0.2, 0.25) is 0 Å². The SMILES string of the molecule is CCCC(C)Oc1cc(C)ncc1CNC(C)(C)C. The number of ether oxygens (including phenoxy) is 1. The molecule has 1 heterocycles. The third-order valence-corrected chi connectivity index (χ3v) is 2.91. The zero-order chi connectivity index (χ0) is 14.5. The first-order valence-electron chi connectivity index (χ1n) is 7.19. The quantitative estimate of drug-likeness (QED) is 0.847. The minimum absolute atomic E-state index is 0.0944. The number of nitrogens with zero attached hydrogens (tertiary/aromatic N) is 1. The van der Waals surface area contributed by atoms with Gasteiger partial charge < -0.3 is 10.1 Å². The second-order valence-electron chi connectivity index (χ2n) is 6.25. The summed E-state index contributed by atoms with van der Waals surface area (Å²) in [5, 5.41) is 3.48. The van der Waals surface area contributed by atoms with Crippen LogP contribution in [0.2, 0.25) is 0 Å². The lowest BCUT2D eigenvalue weighted by atomic mass is 10.1. The van der Waals surface area contributed by atoms with Crippen LogP contribution in [0.1, 0.15) is 58.7 Å². The minimum Gasteiger partial charge on any atom is -0.490 e. The summed E-state index contributed by atoms with van der Waals surface area (Å²) in [6, 6.07) is 2.03. The molecule has 0 radical (unpaired) electrons. The summed E-state index contributed by atoms with van der Waals surface area (Å²) in [6.07, 6.45) is 4.39. The molecule has 0 fully saturated rings. The topological polar surface area (TPSA) is 34.1 Å². The minimum atomic E-state index is 0.0944. The number of rotatable bonds is 6. The number of nitrogens with one attached hydrogen (secondary N) is 1. The molecule has 1 atom stereocenters. The summed E-state index contributed by atoms with van der Waals surface area (Å²) in [5.41, 5.74) is 2.22. The molecule has 1 aromatic rings. The number of aryl methyl sites for hydroxylation is 1. The number of aromatic nitrogens is 1. The number of hydrogen-bond donors (Lipinski definition) is 1. The second-order valence-corrected chi connectivity index (χ2v) is 6.25. The van der Waals surface area contributed by atoms with E-state index in [1.54, 1.807) is 0 Å². The van der Waals surface area contributed by atoms with Crippen LogP contribution in [0.4, 0.5) is 0 Å². The van der Waals surface area contributed by atoms with Gasteiger partial charge in [-0.1, -0.05) is 13.3 Å². The highest BCUT2D eigenvalue weighted by Gasteiger charge is 2.13. The second kappa shape index (κ2) is 6.90. The summed E-state index contributed by atoms with van der Waals surface area (Å²) in [6.45, 7) is 13.6. The maximum Gasteiger partial charge on any atom is 0.127 e. The normalized spacial score (nSPS) is 13.4. The molecule has 1 unspecified atom stereocenters. The van der Waals surface area contributed by atoms with Gasteiger partial charge >= 0.3 is 0 Å². The first-order valence-corrected chi connectivity index (χ1v) is 7.19. The van der Waals surface area contributed by atoms with Gasteiger partial charge in [-0.2, -0.15) is 0 Å². The highest BCUT2D eigenvalue weighted by molar-refractivity contribution is 5.33. The Kier molecular flexibility index (Phi) is 5.80. The van der Waals surface area contributed by atoms with E-state index in [0.717, 1.165) is 36.4 Å². The fraction of sp³-hybridized carbons (Fsp3) is 0.688. The van der Waals surface area contributed by atoms with Crippen LogP contribution in [0.3, 0.4) is 0 Å². The Balaban J connectivity index is 2.79. The average molecular weight is 264 g/mol. The fourth-order valence-electron chi connectivity index (χ4n) is 1.85. The van der Waals surface area contributed by atoms with Gasteiger partial charge in [-0.25, -0.2) is 0 Å². The predicted octanol–water partition coefficient (Wildman–Crippen LogP) is 3.85. The Morgan fingerprint density at radius 2 is 2.05 bits per heavy atom. The van der Waals surface area contributed by atoms with Crippen molar-refractivity contribution in [1.82, 2.24) is 10.3 Å². The monoisotopic (exact) mass is 264 g/mol. The molecule has 0 aromatic carbocycles. The summed E-state index contributed by atoms with van der Waals surface area (Å²) >= 11 is 0. The summed E-state index contributed by atoms with van der Waals surface area (Å²) in [4.78, 5) is 4.37. The molecule has 0 bridgehead atoms. The van der Waals surface area contributed by atoms with Gasteiger partial charge in [-0.15, -0.1) is 0 Å². The van der Waals surface area contributed by atoms with E-state index in [2.05, 4.69) is 44.9 Å². The van der Waals surface area contributed by atoms with Crippen molar-refractivity contribution >= 4 is 0 Å². The molecule has 0 spiro atoms. The molecular formula is C16H28N2O. The molecule has 0 saturated heterocycles. The highest BCUT2D eigenvalue weighted by Crippen LogP contribution is 2.21. The molecule has 0 saturated carbocycles. The average Bonchev–Trinajstić information content (AvgIpc) is 2.27. The maximum absolute atomic E-state index is 6.05. The van der Waals surface area contributed by atoms with Gasteiger partial charge in [0.25, 0.3) is 0 Å². The van der Waals surface area contributed by atoms with E-state index >= 15 is 0 Å². The van der Waals surface area contributed by atoms with Gasteiger partial charge in [0, 0.05) is 35.6 Å². The molecule has 0 aliphatic rings. The molecule has 1 aromatic heterocycles. The largest absolute Gasteiger partial charge is 0.490 e. The van der Waals surface area contributed by atoms with E-state index in [9.17, 15) is 0 Å². The number of hydrogen-bond acceptors (Lipinski definition) is 3. The van der Waals surface area contributed by atoms with Crippen molar-refractivity contribution < 1.29 is 4.74 Å². The van der Waals surface area contributed by atoms with Crippen LogP contribution in [0.25, 0.3) is 0 Å². The molecule has 108 valence electrons. The van der Waals surface area contributed by atoms with Crippen LogP contribution in [0.15, 0.2) is 12.3 Å². The maximum atomic E-state index is 6.05. The van der Waals surface area contributed by atoms with Crippen molar-refractivity contribution in [3.63, 3.8) is 0 Å². The molecule has 1 rings (SSSR count). The Morgan fingerprint density at radius 1 is 1.37 bits per heavy atom. The van der Waals surface area contributed by atoms with E-state index in [-0.39, 0.29) is 11.6 Å². The van der Waals surface area contributed by atoms with Crippen molar-refractivity contribution in [3.05, 3.63) is 23.5 Å². The van der Waals surface area contributed by atoms with Crippen LogP contribution in [-0.4, -0.2) is 16.6 Å². The molecule has 1 N–H and O–H groups in total. The first-order chi connectivity index (χ1) is 8.81. The zero-order valence-corrected chi connectivity index (χ0v) is 13.2. The lowest BCUT2D eigenvalue weighted by Crippen LogP contribution is -2.35. The predicted molar refractivity (Wildman–Crippen MR) is 80.6 cm³/mol. The first kappa shape index (κ1) is 16.0. The Morgan fingerprint density at radius 3 is 2.63 bits per heavy atom. The van der Waals surface area contributed by atoms with Crippen LogP contribution >= 0.6 is 0 Å². The number of pyridine rings is 1. The Labute approximate surface area is 117 Å². The van der Waals surface area contributed by atoms with Crippen molar-refractivity contribution in [3.8, 4) is 5.75 Å². The van der Waals surface area contributed by atoms with Gasteiger partial charge in [0.1, 0.15) is 5.75 Å². The Hall–Kier alpha value is -1.09. The highest BCUT2D eigenvalue weighted by atomic mass is 16.5. The van der Waals surface area contributed by atoms with Gasteiger partial charge in [0.15, 0.2) is 0 Å². The summed E-state index contributed by atoms with van der Waals surface area (Å²) in [5.74, 6) is 0.963. The lowest BCUT2D eigenvalue weighted by molar-refractivity contribution is 0.206. The van der Waals surface area contributed by atoms with E-state index in [1.807, 2.05) is 19.2 Å². The Bertz CT molecular complexity index is 396. The van der Waals surface area contributed by atoms with Gasteiger partial charge in [0.05, 0.1) is 6.10 Å². The molecule has 0 amide bonds. The molecule has 3 heteroatoms. The van der Waals surface area contributed by atoms with E-state index in [1.165, 1.54) is 0 Å². The van der Waals surface area contributed by atoms with Crippen LogP contribution in [0, 0.1) is 6.92 Å². The van der Waals surface area contributed by atoms with Crippen molar-refractivity contribution in [2.24, 2.45) is 0 Å². The summed E-state index contributed by atoms with van der Waals surface area (Å²) in [7, 11) is 0. The van der Waals surface area contributed by atoms with E-state index < -0.39 is 0 Å². The summed E-state index contributed by atoms with van der Waals surface area (Å²) < 4.78 is 6.05. The third-order valence-electron chi connectivity index (χ3n) is 2.91. The van der Waals surface area contributed by atoms with E-state index in [4.69, 9.17) is 4.74 Å². The lowest BCUT2D eigenvalue weighted by Gasteiger charge is -2.22. The fourth-order valence-corrected chi connectivity index (χ4v) is 1.85. The zero-order valence-electron chi connectivity index (χ0n) is 13.2. The molecular weight excluding hydrogens is 236 g/mol. The van der Waals surface area contributed by atoms with Crippen molar-refractivity contribution in [2.75, 3.05) is 0 Å². The van der Waals surface area contributed by atoms with Crippen LogP contribution in [0.5, 0.6) is 5.75 Å². The van der Waals surface area contributed by atoms with E-state index in [0.29, 0.717) is 0 Å². The van der Waals surface area contributed by atoms with Crippen molar-refractivity contribution in [1.29, 1.82) is 0 Å². The smallest absolute Gasteiger partial charge is 0.127 e. The van der Waals surface area contributed by atoms with Crippen LogP contribution in [-0.2, 0) is 6.54 Å². The van der Waals surface area contributed by atoms with Gasteiger partial charge in [-0.3, -0.25) is 4.98 Å².